The molecule has 9 heteroatoms. The van der Waals surface area contributed by atoms with Crippen molar-refractivity contribution < 1.29 is 27.5 Å². The summed E-state index contributed by atoms with van der Waals surface area (Å²) < 4.78 is 43.1. The average Bonchev–Trinajstić information content (AvgIpc) is 2.56. The van der Waals surface area contributed by atoms with Gasteiger partial charge in [0.05, 0.1) is 21.8 Å². The highest BCUT2D eigenvalue weighted by Crippen LogP contribution is 2.33. The number of aromatic nitrogens is 1. The molecule has 0 aliphatic rings. The Kier molecular flexibility index (Phi) is 5.63. The van der Waals surface area contributed by atoms with Crippen molar-refractivity contribution in [1.29, 1.82) is 0 Å². The van der Waals surface area contributed by atoms with E-state index in [2.05, 4.69) is 10.3 Å². The van der Waals surface area contributed by atoms with Crippen LogP contribution in [0, 0.1) is 0 Å². The summed E-state index contributed by atoms with van der Waals surface area (Å²) in [5.74, 6) is -1.58. The number of hydrogen-bond donors (Lipinski definition) is 1. The van der Waals surface area contributed by atoms with Crippen molar-refractivity contribution >= 4 is 29.2 Å². The van der Waals surface area contributed by atoms with Crippen molar-refractivity contribution in [2.75, 3.05) is 5.32 Å². The lowest BCUT2D eigenvalue weighted by atomic mass is 10.2. The largest absolute Gasteiger partial charge is 0.449 e. The molecule has 0 saturated carbocycles. The molecule has 0 fully saturated rings. The second kappa shape index (κ2) is 7.52. The fraction of sp³-hybridized carbons (Fsp3) is 0.188. The van der Waals surface area contributed by atoms with Gasteiger partial charge in [0, 0.05) is 12.4 Å². The average molecular weight is 373 g/mol. The first-order valence-electron chi connectivity index (χ1n) is 6.97. The summed E-state index contributed by atoms with van der Waals surface area (Å²) in [4.78, 5) is 27.7. The van der Waals surface area contributed by atoms with E-state index in [1.807, 2.05) is 0 Å². The van der Waals surface area contributed by atoms with Gasteiger partial charge in [0.25, 0.3) is 5.91 Å². The SMILES string of the molecule is CC(OC(=O)c1ccncc1)C(=O)Nc1cc(C(F)(F)F)ccc1Cl. The van der Waals surface area contributed by atoms with Crippen molar-refractivity contribution in [2.24, 2.45) is 0 Å². The number of halogens is 4. The van der Waals surface area contributed by atoms with E-state index in [-0.39, 0.29) is 16.3 Å². The van der Waals surface area contributed by atoms with Crippen molar-refractivity contribution in [3.63, 3.8) is 0 Å². The zero-order chi connectivity index (χ0) is 18.6. The van der Waals surface area contributed by atoms with Gasteiger partial charge in [-0.3, -0.25) is 9.78 Å². The van der Waals surface area contributed by atoms with Crippen LogP contribution < -0.4 is 5.32 Å². The highest BCUT2D eigenvalue weighted by atomic mass is 35.5. The van der Waals surface area contributed by atoms with Crippen LogP contribution in [0.2, 0.25) is 5.02 Å². The summed E-state index contributed by atoms with van der Waals surface area (Å²) in [6.07, 6.45) is -3.07. The number of nitrogens with zero attached hydrogens (tertiary/aromatic N) is 1. The molecule has 0 bridgehead atoms. The summed E-state index contributed by atoms with van der Waals surface area (Å²) in [5.41, 5.74) is -1.01. The number of anilines is 1. The fourth-order valence-electron chi connectivity index (χ4n) is 1.80. The second-order valence-electron chi connectivity index (χ2n) is 4.97. The Labute approximate surface area is 145 Å². The second-order valence-corrected chi connectivity index (χ2v) is 5.37. The number of ether oxygens (including phenoxy) is 1. The van der Waals surface area contributed by atoms with Crippen LogP contribution in [0.3, 0.4) is 0 Å². The van der Waals surface area contributed by atoms with Crippen molar-refractivity contribution in [3.8, 4) is 0 Å². The summed E-state index contributed by atoms with van der Waals surface area (Å²) >= 11 is 5.80. The third-order valence-corrected chi connectivity index (χ3v) is 3.45. The number of carbonyl (C=O) groups is 2. The summed E-state index contributed by atoms with van der Waals surface area (Å²) in [5, 5.41) is 2.14. The maximum absolute atomic E-state index is 12.7. The molecular formula is C16H12ClF3N2O3. The number of rotatable bonds is 4. The van der Waals surface area contributed by atoms with Gasteiger partial charge in [-0.25, -0.2) is 4.79 Å². The third kappa shape index (κ3) is 4.93. The maximum atomic E-state index is 12.7. The highest BCUT2D eigenvalue weighted by Gasteiger charge is 2.31. The number of pyridine rings is 1. The molecule has 5 nitrogen and oxygen atoms in total. The van der Waals surface area contributed by atoms with Crippen molar-refractivity contribution in [2.45, 2.75) is 19.2 Å². The minimum absolute atomic E-state index is 0.0750. The number of alkyl halides is 3. The molecular weight excluding hydrogens is 361 g/mol. The van der Waals surface area contributed by atoms with E-state index in [0.717, 1.165) is 12.1 Å². The highest BCUT2D eigenvalue weighted by molar-refractivity contribution is 6.33. The standard InChI is InChI=1S/C16H12ClF3N2O3/c1-9(25-15(24)10-4-6-21-7-5-10)14(23)22-13-8-11(16(18,19)20)2-3-12(13)17/h2-9H,1H3,(H,22,23). The molecule has 1 atom stereocenters. The zero-order valence-electron chi connectivity index (χ0n) is 12.8. The zero-order valence-corrected chi connectivity index (χ0v) is 13.6. The number of carbonyl (C=O) groups excluding carboxylic acids is 2. The Morgan fingerprint density at radius 3 is 2.44 bits per heavy atom. The monoisotopic (exact) mass is 372 g/mol. The molecule has 25 heavy (non-hydrogen) atoms. The quantitative estimate of drug-likeness (QED) is 0.825. The number of esters is 1. The van der Waals surface area contributed by atoms with Crippen LogP contribution in [-0.2, 0) is 15.7 Å². The first kappa shape index (κ1) is 18.7. The molecule has 2 aromatic rings. The van der Waals surface area contributed by atoms with Crippen LogP contribution in [0.5, 0.6) is 0 Å². The van der Waals surface area contributed by atoms with Crippen LogP contribution in [0.1, 0.15) is 22.8 Å². The molecule has 0 radical (unpaired) electrons. The Hall–Kier alpha value is -2.61. The topological polar surface area (TPSA) is 68.3 Å². The molecule has 0 aliphatic carbocycles. The molecule has 1 aromatic carbocycles. The molecule has 1 aromatic heterocycles. The van der Waals surface area contributed by atoms with Gasteiger partial charge in [0.1, 0.15) is 0 Å². The first-order chi connectivity index (χ1) is 11.7. The Morgan fingerprint density at radius 2 is 1.84 bits per heavy atom. The Bertz CT molecular complexity index is 782. The maximum Gasteiger partial charge on any atom is 0.416 e. The molecule has 0 saturated heterocycles. The fourth-order valence-corrected chi connectivity index (χ4v) is 1.97. The van der Waals surface area contributed by atoms with Crippen LogP contribution in [0.15, 0.2) is 42.7 Å². The van der Waals surface area contributed by atoms with Gasteiger partial charge in [0.15, 0.2) is 6.10 Å². The van der Waals surface area contributed by atoms with Crippen LogP contribution >= 0.6 is 11.6 Å². The minimum atomic E-state index is -4.58. The van der Waals surface area contributed by atoms with Gasteiger partial charge in [0.2, 0.25) is 0 Å². The van der Waals surface area contributed by atoms with E-state index in [9.17, 15) is 22.8 Å². The smallest absolute Gasteiger partial charge is 0.416 e. The van der Waals surface area contributed by atoms with Gasteiger partial charge >= 0.3 is 12.1 Å². The number of amides is 1. The molecule has 1 unspecified atom stereocenters. The predicted octanol–water partition coefficient (Wildman–Crippen LogP) is 3.94. The molecule has 0 spiro atoms. The summed E-state index contributed by atoms with van der Waals surface area (Å²) in [6, 6.07) is 5.32. The number of hydrogen-bond acceptors (Lipinski definition) is 4. The van der Waals surface area contributed by atoms with E-state index in [4.69, 9.17) is 16.3 Å². The van der Waals surface area contributed by atoms with E-state index in [0.29, 0.717) is 6.07 Å². The molecule has 0 aliphatic heterocycles. The lowest BCUT2D eigenvalue weighted by Gasteiger charge is -2.15. The van der Waals surface area contributed by atoms with Crippen LogP contribution in [0.25, 0.3) is 0 Å². The predicted molar refractivity (Wildman–Crippen MR) is 84.2 cm³/mol. The van der Waals surface area contributed by atoms with Gasteiger partial charge in [-0.15, -0.1) is 0 Å². The van der Waals surface area contributed by atoms with E-state index >= 15 is 0 Å². The first-order valence-corrected chi connectivity index (χ1v) is 7.35. The molecule has 132 valence electrons. The lowest BCUT2D eigenvalue weighted by molar-refractivity contribution is -0.137. The Morgan fingerprint density at radius 1 is 1.20 bits per heavy atom. The molecule has 2 rings (SSSR count). The van der Waals surface area contributed by atoms with Gasteiger partial charge < -0.3 is 10.1 Å². The van der Waals surface area contributed by atoms with Gasteiger partial charge in [-0.2, -0.15) is 13.2 Å². The number of nitrogens with one attached hydrogen (secondary N) is 1. The van der Waals surface area contributed by atoms with Gasteiger partial charge in [-0.05, 0) is 37.3 Å². The molecule has 1 N–H and O–H groups in total. The summed E-state index contributed by atoms with van der Waals surface area (Å²) in [6.45, 7) is 1.29. The molecule has 1 amide bonds. The lowest BCUT2D eigenvalue weighted by Crippen LogP contribution is -2.30. The van der Waals surface area contributed by atoms with Crippen molar-refractivity contribution in [3.05, 3.63) is 58.9 Å². The van der Waals surface area contributed by atoms with Gasteiger partial charge in [-0.1, -0.05) is 11.6 Å². The van der Waals surface area contributed by atoms with E-state index in [1.165, 1.54) is 31.5 Å². The normalized spacial score (nSPS) is 12.4. The minimum Gasteiger partial charge on any atom is -0.449 e. The summed E-state index contributed by atoms with van der Waals surface area (Å²) in [7, 11) is 0. The molecule has 1 heterocycles. The number of benzene rings is 1. The Balaban J connectivity index is 2.07. The van der Waals surface area contributed by atoms with Crippen LogP contribution in [-0.4, -0.2) is 23.0 Å². The van der Waals surface area contributed by atoms with Crippen LogP contribution in [0.4, 0.5) is 18.9 Å². The van der Waals surface area contributed by atoms with E-state index < -0.39 is 29.7 Å². The van der Waals surface area contributed by atoms with Crippen molar-refractivity contribution in [1.82, 2.24) is 4.98 Å². The van der Waals surface area contributed by atoms with E-state index in [1.54, 1.807) is 0 Å². The third-order valence-electron chi connectivity index (χ3n) is 3.12.